The van der Waals surface area contributed by atoms with Gasteiger partial charge in [-0.1, -0.05) is 18.8 Å². The van der Waals surface area contributed by atoms with Gasteiger partial charge in [-0.05, 0) is 44.2 Å². The van der Waals surface area contributed by atoms with Crippen molar-refractivity contribution >= 4 is 29.3 Å². The van der Waals surface area contributed by atoms with E-state index in [9.17, 15) is 9.59 Å². The normalized spacial score (nSPS) is 10.1. The monoisotopic (exact) mass is 451 g/mol. The van der Waals surface area contributed by atoms with E-state index >= 15 is 0 Å². The van der Waals surface area contributed by atoms with Crippen LogP contribution >= 0.6 is 0 Å². The van der Waals surface area contributed by atoms with Gasteiger partial charge in [0.05, 0.1) is 18.3 Å². The fourth-order valence-electron chi connectivity index (χ4n) is 2.78. The smallest absolute Gasteiger partial charge is 0.253 e. The molecule has 2 aromatic rings. The number of carbonyl (C=O) groups is 2. The van der Waals surface area contributed by atoms with Crippen molar-refractivity contribution in [3.8, 4) is 11.8 Å². The van der Waals surface area contributed by atoms with Crippen molar-refractivity contribution in [3.63, 3.8) is 0 Å². The number of likely N-dealkylation sites (N-methyl/N-ethyl adjacent to an activating group) is 1. The third-order valence-electron chi connectivity index (χ3n) is 4.49. The Morgan fingerprint density at radius 1 is 1.12 bits per heavy atom. The molecule has 0 bridgehead atoms. The van der Waals surface area contributed by atoms with E-state index < -0.39 is 0 Å². The molecule has 0 aliphatic carbocycles. The average Bonchev–Trinajstić information content (AvgIpc) is 2.81. The van der Waals surface area contributed by atoms with Gasteiger partial charge in [-0.2, -0.15) is 4.98 Å². The topological polar surface area (TPSA) is 111 Å². The van der Waals surface area contributed by atoms with Crippen molar-refractivity contribution < 1.29 is 9.59 Å². The molecule has 0 saturated heterocycles. The second-order valence-electron chi connectivity index (χ2n) is 7.57. The predicted octanol–water partition coefficient (Wildman–Crippen LogP) is 2.21. The van der Waals surface area contributed by atoms with E-state index in [1.165, 1.54) is 4.90 Å². The highest BCUT2D eigenvalue weighted by Crippen LogP contribution is 2.18. The van der Waals surface area contributed by atoms with Gasteiger partial charge >= 0.3 is 0 Å². The molecule has 9 nitrogen and oxygen atoms in total. The van der Waals surface area contributed by atoms with Crippen molar-refractivity contribution in [2.45, 2.75) is 26.2 Å². The van der Waals surface area contributed by atoms with Gasteiger partial charge in [-0.25, -0.2) is 4.98 Å². The molecule has 9 heteroatoms. The number of amides is 2. The average molecular weight is 452 g/mol. The number of anilines is 3. The van der Waals surface area contributed by atoms with Gasteiger partial charge in [-0.15, -0.1) is 0 Å². The summed E-state index contributed by atoms with van der Waals surface area (Å²) in [6.45, 7) is 3.75. The zero-order valence-electron chi connectivity index (χ0n) is 19.8. The van der Waals surface area contributed by atoms with Crippen LogP contribution in [0.3, 0.4) is 0 Å². The summed E-state index contributed by atoms with van der Waals surface area (Å²) in [6.07, 6.45) is 4.07. The molecule has 4 N–H and O–H groups in total. The summed E-state index contributed by atoms with van der Waals surface area (Å²) in [5.74, 6) is 7.29. The summed E-state index contributed by atoms with van der Waals surface area (Å²) >= 11 is 0. The molecule has 0 unspecified atom stereocenters. The summed E-state index contributed by atoms with van der Waals surface area (Å²) in [7, 11) is 5.18. The Morgan fingerprint density at radius 3 is 2.55 bits per heavy atom. The minimum atomic E-state index is -0.0490. The van der Waals surface area contributed by atoms with Crippen LogP contribution in [0.15, 0.2) is 30.5 Å². The minimum Gasteiger partial charge on any atom is -0.369 e. The van der Waals surface area contributed by atoms with Crippen LogP contribution < -0.4 is 21.3 Å². The highest BCUT2D eigenvalue weighted by Gasteiger charge is 2.09. The standard InChI is InChI=1S/C24H33N7O2/c1-5-14-27-22-19(9-7-6-8-15-26-21(32)17-25-2)16-28-24(30-22)29-20-12-10-18(11-13-20)23(33)31(3)4/h10-13,16,25H,5-6,8,14-15,17H2,1-4H3,(H,26,32)(H2,27,28,29,30). The zero-order chi connectivity index (χ0) is 24.1. The van der Waals surface area contributed by atoms with Gasteiger partial charge in [0, 0.05) is 44.9 Å². The van der Waals surface area contributed by atoms with Crippen LogP contribution in [0.25, 0.3) is 0 Å². The van der Waals surface area contributed by atoms with Gasteiger partial charge in [0.25, 0.3) is 5.91 Å². The van der Waals surface area contributed by atoms with Crippen LogP contribution in [-0.2, 0) is 4.79 Å². The van der Waals surface area contributed by atoms with Crippen molar-refractivity contribution in [2.24, 2.45) is 0 Å². The Hall–Kier alpha value is -3.64. The van der Waals surface area contributed by atoms with Gasteiger partial charge in [-0.3, -0.25) is 9.59 Å². The molecule has 1 aromatic heterocycles. The maximum absolute atomic E-state index is 12.0. The minimum absolute atomic E-state index is 0.0214. The number of hydrogen-bond donors (Lipinski definition) is 4. The largest absolute Gasteiger partial charge is 0.369 e. The number of hydrogen-bond acceptors (Lipinski definition) is 7. The van der Waals surface area contributed by atoms with Crippen LogP contribution in [0, 0.1) is 11.8 Å². The predicted molar refractivity (Wildman–Crippen MR) is 132 cm³/mol. The Labute approximate surface area is 195 Å². The van der Waals surface area contributed by atoms with Gasteiger partial charge < -0.3 is 26.2 Å². The van der Waals surface area contributed by atoms with E-state index in [4.69, 9.17) is 0 Å². The van der Waals surface area contributed by atoms with E-state index in [0.29, 0.717) is 36.8 Å². The highest BCUT2D eigenvalue weighted by molar-refractivity contribution is 5.94. The molecule has 0 fully saturated rings. The first-order valence-electron chi connectivity index (χ1n) is 11.0. The lowest BCUT2D eigenvalue weighted by Crippen LogP contribution is -2.32. The number of nitrogens with zero attached hydrogens (tertiary/aromatic N) is 3. The third kappa shape index (κ3) is 8.79. The number of carbonyl (C=O) groups excluding carboxylic acids is 2. The van der Waals surface area contributed by atoms with E-state index in [2.05, 4.69) is 50.0 Å². The van der Waals surface area contributed by atoms with E-state index in [1.807, 2.05) is 12.1 Å². The number of rotatable bonds is 11. The Bertz CT molecular complexity index is 979. The second kappa shape index (κ2) is 13.7. The second-order valence-corrected chi connectivity index (χ2v) is 7.57. The van der Waals surface area contributed by atoms with Crippen LogP contribution in [-0.4, -0.2) is 67.5 Å². The Balaban J connectivity index is 2.02. The first kappa shape index (κ1) is 25.6. The molecular formula is C24H33N7O2. The molecule has 0 spiro atoms. The van der Waals surface area contributed by atoms with Crippen molar-refractivity contribution in [1.82, 2.24) is 25.5 Å². The number of unbranched alkanes of at least 4 members (excludes halogenated alkanes) is 1. The highest BCUT2D eigenvalue weighted by atomic mass is 16.2. The summed E-state index contributed by atoms with van der Waals surface area (Å²) in [4.78, 5) is 34.0. The first-order valence-corrected chi connectivity index (χ1v) is 11.0. The molecule has 1 heterocycles. The molecule has 0 saturated carbocycles. The maximum Gasteiger partial charge on any atom is 0.253 e. The molecule has 0 aliphatic rings. The molecule has 0 radical (unpaired) electrons. The third-order valence-corrected chi connectivity index (χ3v) is 4.49. The molecule has 33 heavy (non-hydrogen) atoms. The van der Waals surface area contributed by atoms with Crippen molar-refractivity contribution in [2.75, 3.05) is 51.4 Å². The van der Waals surface area contributed by atoms with Crippen LogP contribution in [0.2, 0.25) is 0 Å². The Kier molecular flexibility index (Phi) is 10.6. The van der Waals surface area contributed by atoms with E-state index in [-0.39, 0.29) is 11.8 Å². The summed E-state index contributed by atoms with van der Waals surface area (Å²) in [5, 5.41) is 12.1. The number of benzene rings is 1. The quantitative estimate of drug-likeness (QED) is 0.306. The van der Waals surface area contributed by atoms with Gasteiger partial charge in [0.15, 0.2) is 0 Å². The molecule has 176 valence electrons. The molecule has 0 aliphatic heterocycles. The summed E-state index contributed by atoms with van der Waals surface area (Å²) < 4.78 is 0. The van der Waals surface area contributed by atoms with E-state index in [0.717, 1.165) is 30.6 Å². The lowest BCUT2D eigenvalue weighted by atomic mass is 10.2. The fourth-order valence-corrected chi connectivity index (χ4v) is 2.78. The van der Waals surface area contributed by atoms with Crippen LogP contribution in [0.5, 0.6) is 0 Å². The first-order chi connectivity index (χ1) is 15.9. The van der Waals surface area contributed by atoms with Crippen molar-refractivity contribution in [1.29, 1.82) is 0 Å². The lowest BCUT2D eigenvalue weighted by Gasteiger charge is -2.12. The number of nitrogens with one attached hydrogen (secondary N) is 4. The van der Waals surface area contributed by atoms with Crippen LogP contribution in [0.1, 0.15) is 42.1 Å². The summed E-state index contributed by atoms with van der Waals surface area (Å²) in [6, 6.07) is 7.18. The molecule has 0 atom stereocenters. The maximum atomic E-state index is 12.0. The zero-order valence-corrected chi connectivity index (χ0v) is 19.8. The van der Waals surface area contributed by atoms with Gasteiger partial charge in [0.2, 0.25) is 11.9 Å². The lowest BCUT2D eigenvalue weighted by molar-refractivity contribution is -0.120. The van der Waals surface area contributed by atoms with Crippen LogP contribution in [0.4, 0.5) is 17.5 Å². The Morgan fingerprint density at radius 2 is 1.88 bits per heavy atom. The van der Waals surface area contributed by atoms with Gasteiger partial charge in [0.1, 0.15) is 5.82 Å². The fraction of sp³-hybridized carbons (Fsp3) is 0.417. The SMILES string of the molecule is CCCNc1nc(Nc2ccc(C(=O)N(C)C)cc2)ncc1C#CCCCNC(=O)CNC. The molecule has 1 aromatic carbocycles. The van der Waals surface area contributed by atoms with E-state index in [1.54, 1.807) is 39.5 Å². The molecule has 2 amide bonds. The van der Waals surface area contributed by atoms with Crippen molar-refractivity contribution in [3.05, 3.63) is 41.6 Å². The number of aromatic nitrogens is 2. The summed E-state index contributed by atoms with van der Waals surface area (Å²) in [5.41, 5.74) is 2.12. The molecular weight excluding hydrogens is 418 g/mol. The molecule has 2 rings (SSSR count).